The number of carbonyl (C=O) groups excluding carboxylic acids is 4. The number of anilines is 1. The van der Waals surface area contributed by atoms with Gasteiger partial charge in [-0.05, 0) is 38.1 Å². The molecule has 3 aromatic carbocycles. The normalized spacial score (nSPS) is 12.9. The van der Waals surface area contributed by atoms with Gasteiger partial charge in [-0.1, -0.05) is 30.3 Å². The van der Waals surface area contributed by atoms with Gasteiger partial charge >= 0.3 is 5.97 Å². The summed E-state index contributed by atoms with van der Waals surface area (Å²) < 4.78 is 5.15. The van der Waals surface area contributed by atoms with Gasteiger partial charge in [0.25, 0.3) is 11.6 Å². The van der Waals surface area contributed by atoms with Gasteiger partial charge in [-0.2, -0.15) is 0 Å². The molecule has 0 bridgehead atoms. The summed E-state index contributed by atoms with van der Waals surface area (Å²) in [6.45, 7) is 2.89. The van der Waals surface area contributed by atoms with Crippen molar-refractivity contribution in [2.75, 3.05) is 5.32 Å². The van der Waals surface area contributed by atoms with Crippen molar-refractivity contribution in [1.82, 2.24) is 0 Å². The molecule has 0 fully saturated rings. The van der Waals surface area contributed by atoms with Crippen molar-refractivity contribution < 1.29 is 28.8 Å². The molecule has 1 aliphatic carbocycles. The highest BCUT2D eigenvalue weighted by Gasteiger charge is 2.30. The van der Waals surface area contributed by atoms with Crippen LogP contribution in [0.15, 0.2) is 60.7 Å². The Labute approximate surface area is 193 Å². The number of aryl methyl sites for hydroxylation is 1. The molecule has 1 amide bonds. The Morgan fingerprint density at radius 2 is 1.53 bits per heavy atom. The van der Waals surface area contributed by atoms with E-state index in [1.54, 1.807) is 31.2 Å². The van der Waals surface area contributed by atoms with Gasteiger partial charge in [0.05, 0.1) is 10.5 Å². The maximum atomic E-state index is 12.8. The molecule has 0 heterocycles. The van der Waals surface area contributed by atoms with E-state index in [1.807, 2.05) is 0 Å². The molecule has 1 aliphatic rings. The molecule has 1 N–H and O–H groups in total. The number of benzene rings is 3. The van der Waals surface area contributed by atoms with Crippen LogP contribution in [0.3, 0.4) is 0 Å². The average Bonchev–Trinajstić information content (AvgIpc) is 2.82. The third kappa shape index (κ3) is 4.06. The highest BCUT2D eigenvalue weighted by molar-refractivity contribution is 6.28. The van der Waals surface area contributed by atoms with E-state index < -0.39 is 22.9 Å². The molecule has 9 nitrogen and oxygen atoms in total. The number of hydrogen-bond acceptors (Lipinski definition) is 7. The van der Waals surface area contributed by atoms with E-state index in [0.717, 1.165) is 6.07 Å². The molecule has 3 aromatic rings. The van der Waals surface area contributed by atoms with E-state index in [4.69, 9.17) is 4.74 Å². The second-order valence-electron chi connectivity index (χ2n) is 7.76. The molecule has 4 rings (SSSR count). The number of ketones is 2. The summed E-state index contributed by atoms with van der Waals surface area (Å²) in [5.41, 5.74) is 1.36. The summed E-state index contributed by atoms with van der Waals surface area (Å²) in [6, 6.07) is 14.7. The Kier molecular flexibility index (Phi) is 5.77. The minimum atomic E-state index is -1.23. The van der Waals surface area contributed by atoms with E-state index >= 15 is 0 Å². The van der Waals surface area contributed by atoms with Crippen LogP contribution < -0.4 is 5.32 Å². The Hall–Kier alpha value is -4.66. The number of hydrogen-bond donors (Lipinski definition) is 1. The smallest absolute Gasteiger partial charge is 0.339 e. The summed E-state index contributed by atoms with van der Waals surface area (Å²) in [7, 11) is 0. The van der Waals surface area contributed by atoms with Gasteiger partial charge in [-0.15, -0.1) is 0 Å². The first-order valence-corrected chi connectivity index (χ1v) is 10.3. The molecule has 0 spiro atoms. The number of nitro benzene ring substituents is 1. The first-order chi connectivity index (χ1) is 16.2. The van der Waals surface area contributed by atoms with Gasteiger partial charge < -0.3 is 10.1 Å². The summed E-state index contributed by atoms with van der Waals surface area (Å²) in [5, 5.41) is 13.6. The number of nitrogens with zero attached hydrogens (tertiary/aromatic N) is 1. The lowest BCUT2D eigenvalue weighted by atomic mass is 9.84. The molecule has 1 atom stereocenters. The zero-order valence-electron chi connectivity index (χ0n) is 18.2. The fourth-order valence-corrected chi connectivity index (χ4v) is 3.64. The van der Waals surface area contributed by atoms with Crippen molar-refractivity contribution >= 4 is 34.8 Å². The lowest BCUT2D eigenvalue weighted by Crippen LogP contribution is -2.30. The fourth-order valence-electron chi connectivity index (χ4n) is 3.64. The van der Waals surface area contributed by atoms with Crippen LogP contribution in [0.1, 0.15) is 54.7 Å². The van der Waals surface area contributed by atoms with Crippen LogP contribution in [0.5, 0.6) is 0 Å². The summed E-state index contributed by atoms with van der Waals surface area (Å²) >= 11 is 0. The molecule has 0 saturated heterocycles. The second kappa shape index (κ2) is 8.70. The molecule has 0 radical (unpaired) electrons. The number of ether oxygens (including phenoxy) is 1. The number of carbonyl (C=O) groups is 4. The number of nitro groups is 1. The van der Waals surface area contributed by atoms with Crippen LogP contribution in [0.2, 0.25) is 0 Å². The summed E-state index contributed by atoms with van der Waals surface area (Å²) in [6.07, 6.45) is -1.23. The standard InChI is InChI=1S/C25H18N2O7/c1-13-7-8-15(11-21(13)27(32)33)25(31)34-14(2)24(30)26-16-9-10-19-20(12-16)23(29)18-6-4-3-5-17(18)22(19)28/h3-12,14H,1-2H3,(H,26,30). The quantitative estimate of drug-likeness (QED) is 0.273. The molecular weight excluding hydrogens is 440 g/mol. The fraction of sp³-hybridized carbons (Fsp3) is 0.120. The summed E-state index contributed by atoms with van der Waals surface area (Å²) in [4.78, 5) is 61.0. The summed E-state index contributed by atoms with van der Waals surface area (Å²) in [5.74, 6) is -2.18. The van der Waals surface area contributed by atoms with Crippen LogP contribution in [0.25, 0.3) is 0 Å². The van der Waals surface area contributed by atoms with Crippen LogP contribution in [0, 0.1) is 17.0 Å². The van der Waals surface area contributed by atoms with Gasteiger partial charge in [0.15, 0.2) is 17.7 Å². The van der Waals surface area contributed by atoms with Crippen molar-refractivity contribution in [3.05, 3.63) is 104 Å². The Morgan fingerprint density at radius 1 is 0.912 bits per heavy atom. The zero-order valence-corrected chi connectivity index (χ0v) is 18.2. The minimum Gasteiger partial charge on any atom is -0.449 e. The van der Waals surface area contributed by atoms with Crippen molar-refractivity contribution in [2.24, 2.45) is 0 Å². The van der Waals surface area contributed by atoms with Gasteiger partial charge in [-0.3, -0.25) is 24.5 Å². The van der Waals surface area contributed by atoms with Crippen molar-refractivity contribution in [3.63, 3.8) is 0 Å². The highest BCUT2D eigenvalue weighted by Crippen LogP contribution is 2.29. The number of fused-ring (bicyclic) bond motifs is 2. The maximum Gasteiger partial charge on any atom is 0.339 e. The lowest BCUT2D eigenvalue weighted by molar-refractivity contribution is -0.385. The van der Waals surface area contributed by atoms with E-state index in [1.165, 1.54) is 37.3 Å². The van der Waals surface area contributed by atoms with Crippen LogP contribution >= 0.6 is 0 Å². The SMILES string of the molecule is Cc1ccc(C(=O)OC(C)C(=O)Nc2ccc3c(c2)C(=O)c2ccccc2C3=O)cc1[N+](=O)[O-]. The molecule has 0 aromatic heterocycles. The van der Waals surface area contributed by atoms with E-state index in [0.29, 0.717) is 11.1 Å². The third-order valence-electron chi connectivity index (χ3n) is 5.49. The van der Waals surface area contributed by atoms with E-state index in [2.05, 4.69) is 5.32 Å². The number of rotatable bonds is 5. The molecule has 1 unspecified atom stereocenters. The van der Waals surface area contributed by atoms with Crippen molar-refractivity contribution in [3.8, 4) is 0 Å². The van der Waals surface area contributed by atoms with Gasteiger partial charge in [0.2, 0.25) is 0 Å². The largest absolute Gasteiger partial charge is 0.449 e. The molecule has 34 heavy (non-hydrogen) atoms. The highest BCUT2D eigenvalue weighted by atomic mass is 16.6. The number of nitrogens with one attached hydrogen (secondary N) is 1. The van der Waals surface area contributed by atoms with E-state index in [-0.39, 0.29) is 45.2 Å². The maximum absolute atomic E-state index is 12.8. The number of esters is 1. The molecule has 0 saturated carbocycles. The van der Waals surface area contributed by atoms with Gasteiger partial charge in [0.1, 0.15) is 0 Å². The predicted molar refractivity (Wildman–Crippen MR) is 121 cm³/mol. The first-order valence-electron chi connectivity index (χ1n) is 10.3. The topological polar surface area (TPSA) is 133 Å². The van der Waals surface area contributed by atoms with Crippen LogP contribution in [0.4, 0.5) is 11.4 Å². The molecule has 9 heteroatoms. The lowest BCUT2D eigenvalue weighted by Gasteiger charge is -2.19. The first kappa shape index (κ1) is 22.5. The van der Waals surface area contributed by atoms with E-state index in [9.17, 15) is 29.3 Å². The zero-order chi connectivity index (χ0) is 24.6. The Morgan fingerprint density at radius 3 is 2.18 bits per heavy atom. The van der Waals surface area contributed by atoms with Gasteiger partial charge in [0, 0.05) is 39.6 Å². The predicted octanol–water partition coefficient (Wildman–Crippen LogP) is 3.86. The average molecular weight is 458 g/mol. The van der Waals surface area contributed by atoms with Crippen molar-refractivity contribution in [2.45, 2.75) is 20.0 Å². The molecule has 0 aliphatic heterocycles. The van der Waals surface area contributed by atoms with Gasteiger partial charge in [-0.25, -0.2) is 4.79 Å². The Bertz CT molecular complexity index is 1390. The van der Waals surface area contributed by atoms with Crippen LogP contribution in [-0.2, 0) is 9.53 Å². The van der Waals surface area contributed by atoms with Crippen LogP contribution in [-0.4, -0.2) is 34.5 Å². The van der Waals surface area contributed by atoms with Crippen molar-refractivity contribution in [1.29, 1.82) is 0 Å². The molecular formula is C25H18N2O7. The monoisotopic (exact) mass is 458 g/mol. The third-order valence-corrected chi connectivity index (χ3v) is 5.49. The number of amides is 1. The minimum absolute atomic E-state index is 0.0616. The molecule has 170 valence electrons. The Balaban J connectivity index is 1.49. The second-order valence-corrected chi connectivity index (χ2v) is 7.76.